The molecular weight excluding hydrogens is 413 g/mol. The first-order valence-electron chi connectivity index (χ1n) is 9.37. The maximum Gasteiger partial charge on any atom is 0.255 e. The predicted molar refractivity (Wildman–Crippen MR) is 118 cm³/mol. The molecule has 29 heavy (non-hydrogen) atoms. The van der Waals surface area contributed by atoms with Gasteiger partial charge in [-0.1, -0.05) is 23.7 Å². The van der Waals surface area contributed by atoms with Crippen molar-refractivity contribution in [3.8, 4) is 11.5 Å². The van der Waals surface area contributed by atoms with Gasteiger partial charge in [-0.15, -0.1) is 12.4 Å². The lowest BCUT2D eigenvalue weighted by Crippen LogP contribution is -2.38. The molecule has 2 aromatic rings. The number of halogens is 2. The van der Waals surface area contributed by atoms with Crippen molar-refractivity contribution < 1.29 is 14.6 Å². The predicted octanol–water partition coefficient (Wildman–Crippen LogP) is 3.70. The maximum absolute atomic E-state index is 12.5. The standard InChI is InChI=1S/C21H26ClN3O3.ClH/c1-28-20-11-19(23)18(22)10-17(20)21(27)24-12-14-6-8-25(9-7-14)13-15-2-4-16(26)5-3-15;/h2-5,10-11,14,26H,6-9,12-13,23H2,1H3,(H,24,27);1H. The summed E-state index contributed by atoms with van der Waals surface area (Å²) in [6.45, 7) is 3.47. The van der Waals surface area contributed by atoms with Gasteiger partial charge in [0.15, 0.2) is 0 Å². The van der Waals surface area contributed by atoms with Gasteiger partial charge in [0.1, 0.15) is 11.5 Å². The summed E-state index contributed by atoms with van der Waals surface area (Å²) >= 11 is 6.05. The largest absolute Gasteiger partial charge is 0.508 e. The average Bonchev–Trinajstić information content (AvgIpc) is 2.70. The van der Waals surface area contributed by atoms with E-state index in [2.05, 4.69) is 10.2 Å². The molecular formula is C21H27Cl2N3O3. The van der Waals surface area contributed by atoms with E-state index in [1.165, 1.54) is 12.7 Å². The quantitative estimate of drug-likeness (QED) is 0.597. The molecule has 0 aromatic heterocycles. The Bertz CT molecular complexity index is 823. The number of likely N-dealkylation sites (tertiary alicyclic amines) is 1. The number of methoxy groups -OCH3 is 1. The van der Waals surface area contributed by atoms with Crippen LogP contribution in [0.25, 0.3) is 0 Å². The molecule has 4 N–H and O–H groups in total. The number of nitrogens with two attached hydrogens (primary N) is 1. The second-order valence-corrected chi connectivity index (χ2v) is 7.58. The smallest absolute Gasteiger partial charge is 0.255 e. The lowest BCUT2D eigenvalue weighted by Gasteiger charge is -2.32. The molecule has 2 aromatic carbocycles. The summed E-state index contributed by atoms with van der Waals surface area (Å²) in [5, 5.41) is 12.7. The number of anilines is 1. The minimum atomic E-state index is -0.203. The van der Waals surface area contributed by atoms with Gasteiger partial charge in [0.05, 0.1) is 23.4 Å². The first-order chi connectivity index (χ1) is 13.5. The third kappa shape index (κ3) is 6.16. The zero-order valence-electron chi connectivity index (χ0n) is 16.4. The van der Waals surface area contributed by atoms with E-state index >= 15 is 0 Å². The summed E-state index contributed by atoms with van der Waals surface area (Å²) in [7, 11) is 1.50. The van der Waals surface area contributed by atoms with Gasteiger partial charge in [0.2, 0.25) is 0 Å². The Kier molecular flexibility index (Phi) is 8.44. The summed E-state index contributed by atoms with van der Waals surface area (Å²) in [5.74, 6) is 0.945. The fourth-order valence-corrected chi connectivity index (χ4v) is 3.62. The van der Waals surface area contributed by atoms with Crippen LogP contribution in [-0.2, 0) is 6.54 Å². The summed E-state index contributed by atoms with van der Waals surface area (Å²) in [6.07, 6.45) is 2.05. The van der Waals surface area contributed by atoms with Crippen LogP contribution in [0.2, 0.25) is 5.02 Å². The molecule has 0 unspecified atom stereocenters. The van der Waals surface area contributed by atoms with Crippen molar-refractivity contribution in [2.75, 3.05) is 32.5 Å². The molecule has 0 bridgehead atoms. The number of amides is 1. The van der Waals surface area contributed by atoms with E-state index in [1.54, 1.807) is 24.3 Å². The molecule has 6 nitrogen and oxygen atoms in total. The minimum absolute atomic E-state index is 0. The zero-order valence-corrected chi connectivity index (χ0v) is 17.9. The number of benzene rings is 2. The van der Waals surface area contributed by atoms with Crippen LogP contribution in [0.3, 0.4) is 0 Å². The Morgan fingerprint density at radius 3 is 2.55 bits per heavy atom. The molecule has 1 aliphatic heterocycles. The van der Waals surface area contributed by atoms with E-state index in [1.807, 2.05) is 12.1 Å². The number of carbonyl (C=O) groups excluding carboxylic acids is 1. The first-order valence-corrected chi connectivity index (χ1v) is 9.75. The second kappa shape index (κ2) is 10.6. The van der Waals surface area contributed by atoms with Crippen molar-refractivity contribution in [2.45, 2.75) is 19.4 Å². The van der Waals surface area contributed by atoms with Crippen molar-refractivity contribution in [2.24, 2.45) is 5.92 Å². The molecule has 1 heterocycles. The maximum atomic E-state index is 12.5. The van der Waals surface area contributed by atoms with E-state index in [-0.39, 0.29) is 24.1 Å². The van der Waals surface area contributed by atoms with E-state index in [0.29, 0.717) is 34.5 Å². The Balaban J connectivity index is 0.00000300. The van der Waals surface area contributed by atoms with Crippen molar-refractivity contribution in [1.29, 1.82) is 0 Å². The molecule has 0 aliphatic carbocycles. The molecule has 0 radical (unpaired) electrons. The number of piperidine rings is 1. The van der Waals surface area contributed by atoms with Crippen LogP contribution in [-0.4, -0.2) is 42.7 Å². The molecule has 158 valence electrons. The molecule has 0 spiro atoms. The topological polar surface area (TPSA) is 87.8 Å². The van der Waals surface area contributed by atoms with Crippen molar-refractivity contribution in [3.05, 3.63) is 52.5 Å². The number of nitrogen functional groups attached to an aromatic ring is 1. The molecule has 8 heteroatoms. The van der Waals surface area contributed by atoms with Gasteiger partial charge < -0.3 is 20.9 Å². The number of ether oxygens (including phenoxy) is 1. The number of rotatable bonds is 6. The van der Waals surface area contributed by atoms with E-state index < -0.39 is 0 Å². The second-order valence-electron chi connectivity index (χ2n) is 7.17. The third-order valence-corrected chi connectivity index (χ3v) is 5.49. The SMILES string of the molecule is COc1cc(N)c(Cl)cc1C(=O)NCC1CCN(Cc2ccc(O)cc2)CC1.Cl. The Morgan fingerprint density at radius 1 is 1.28 bits per heavy atom. The minimum Gasteiger partial charge on any atom is -0.508 e. The molecule has 3 rings (SSSR count). The van der Waals surface area contributed by atoms with Gasteiger partial charge in [-0.25, -0.2) is 0 Å². The Labute approximate surface area is 182 Å². The third-order valence-electron chi connectivity index (χ3n) is 5.16. The molecule has 0 atom stereocenters. The van der Waals surface area contributed by atoms with Crippen LogP contribution in [0.1, 0.15) is 28.8 Å². The van der Waals surface area contributed by atoms with Gasteiger partial charge in [0, 0.05) is 19.2 Å². The number of phenolic OH excluding ortho intramolecular Hbond substituents is 1. The monoisotopic (exact) mass is 439 g/mol. The van der Waals surface area contributed by atoms with Gasteiger partial charge in [-0.2, -0.15) is 0 Å². The van der Waals surface area contributed by atoms with Crippen LogP contribution >= 0.6 is 24.0 Å². The van der Waals surface area contributed by atoms with Gasteiger partial charge >= 0.3 is 0 Å². The number of aromatic hydroxyl groups is 1. The number of phenols is 1. The van der Waals surface area contributed by atoms with Crippen LogP contribution < -0.4 is 15.8 Å². The van der Waals surface area contributed by atoms with E-state index in [0.717, 1.165) is 32.5 Å². The summed E-state index contributed by atoms with van der Waals surface area (Å²) < 4.78 is 5.25. The van der Waals surface area contributed by atoms with Crippen LogP contribution in [0.15, 0.2) is 36.4 Å². The van der Waals surface area contributed by atoms with Crippen LogP contribution in [0.4, 0.5) is 5.69 Å². The summed E-state index contributed by atoms with van der Waals surface area (Å²) in [5.41, 5.74) is 7.74. The highest BCUT2D eigenvalue weighted by Crippen LogP contribution is 2.29. The lowest BCUT2D eigenvalue weighted by atomic mass is 9.96. The number of hydrogen-bond acceptors (Lipinski definition) is 5. The molecule has 1 fully saturated rings. The Hall–Kier alpha value is -2.15. The molecule has 1 aliphatic rings. The van der Waals surface area contributed by atoms with E-state index in [4.69, 9.17) is 22.1 Å². The van der Waals surface area contributed by atoms with Crippen molar-refractivity contribution in [1.82, 2.24) is 10.2 Å². The van der Waals surface area contributed by atoms with Gasteiger partial charge in [0.25, 0.3) is 5.91 Å². The highest BCUT2D eigenvalue weighted by atomic mass is 35.5. The average molecular weight is 440 g/mol. The number of nitrogens with one attached hydrogen (secondary N) is 1. The molecule has 1 saturated heterocycles. The molecule has 0 saturated carbocycles. The highest BCUT2D eigenvalue weighted by molar-refractivity contribution is 6.33. The van der Waals surface area contributed by atoms with E-state index in [9.17, 15) is 9.90 Å². The zero-order chi connectivity index (χ0) is 20.1. The number of nitrogens with zero attached hydrogens (tertiary/aromatic N) is 1. The number of carbonyl (C=O) groups is 1. The number of hydrogen-bond donors (Lipinski definition) is 3. The molecule has 1 amide bonds. The van der Waals surface area contributed by atoms with Crippen molar-refractivity contribution in [3.63, 3.8) is 0 Å². The summed E-state index contributed by atoms with van der Waals surface area (Å²) in [4.78, 5) is 14.9. The fourth-order valence-electron chi connectivity index (χ4n) is 3.46. The highest BCUT2D eigenvalue weighted by Gasteiger charge is 2.21. The van der Waals surface area contributed by atoms with Gasteiger partial charge in [-0.3, -0.25) is 9.69 Å². The van der Waals surface area contributed by atoms with Crippen LogP contribution in [0.5, 0.6) is 11.5 Å². The Morgan fingerprint density at radius 2 is 1.93 bits per heavy atom. The first kappa shape index (κ1) is 23.1. The van der Waals surface area contributed by atoms with Gasteiger partial charge in [-0.05, 0) is 55.6 Å². The van der Waals surface area contributed by atoms with Crippen LogP contribution in [0, 0.1) is 5.92 Å². The normalized spacial score (nSPS) is 14.8. The lowest BCUT2D eigenvalue weighted by molar-refractivity contribution is 0.0932. The summed E-state index contributed by atoms with van der Waals surface area (Å²) in [6, 6.07) is 10.5. The van der Waals surface area contributed by atoms with Crippen molar-refractivity contribution >= 4 is 35.6 Å². The fraction of sp³-hybridized carbons (Fsp3) is 0.381.